The molecule has 0 saturated carbocycles. The summed E-state index contributed by atoms with van der Waals surface area (Å²) in [5.41, 5.74) is 0.915. The second-order valence-corrected chi connectivity index (χ2v) is 9.33. The molecular formula is C18H19BrN6O2S. The van der Waals surface area contributed by atoms with Crippen LogP contribution in [-0.4, -0.2) is 64.0 Å². The highest BCUT2D eigenvalue weighted by atomic mass is 79.9. The van der Waals surface area contributed by atoms with E-state index in [1.165, 1.54) is 4.31 Å². The van der Waals surface area contributed by atoms with Gasteiger partial charge in [-0.2, -0.15) is 4.31 Å². The Morgan fingerprint density at radius 1 is 0.964 bits per heavy atom. The number of tetrazole rings is 1. The molecule has 0 bridgehead atoms. The average molecular weight is 463 g/mol. The minimum absolute atomic E-state index is 0.306. The van der Waals surface area contributed by atoms with Gasteiger partial charge < -0.3 is 0 Å². The molecule has 0 atom stereocenters. The van der Waals surface area contributed by atoms with Crippen molar-refractivity contribution in [1.82, 2.24) is 29.4 Å². The summed E-state index contributed by atoms with van der Waals surface area (Å²) in [6, 6.07) is 16.5. The number of hydrogen-bond donors (Lipinski definition) is 0. The monoisotopic (exact) mass is 462 g/mol. The molecule has 3 aromatic rings. The molecule has 0 radical (unpaired) electrons. The first-order valence-corrected chi connectivity index (χ1v) is 11.1. The normalized spacial score (nSPS) is 16.3. The fourth-order valence-corrected chi connectivity index (χ4v) is 5.09. The van der Waals surface area contributed by atoms with E-state index >= 15 is 0 Å². The summed E-state index contributed by atoms with van der Waals surface area (Å²) in [5, 5.41) is 12.6. The number of aromatic nitrogens is 4. The van der Waals surface area contributed by atoms with Crippen LogP contribution in [0.15, 0.2) is 64.0 Å². The molecule has 0 N–H and O–H groups in total. The highest BCUT2D eigenvalue weighted by Crippen LogP contribution is 2.21. The second kappa shape index (κ2) is 8.08. The summed E-state index contributed by atoms with van der Waals surface area (Å²) >= 11 is 3.33. The summed E-state index contributed by atoms with van der Waals surface area (Å²) in [6.45, 7) is 2.54. The Hall–Kier alpha value is -2.14. The van der Waals surface area contributed by atoms with Crippen LogP contribution < -0.4 is 0 Å². The van der Waals surface area contributed by atoms with Crippen LogP contribution in [0.1, 0.15) is 0 Å². The molecule has 0 unspecified atom stereocenters. The van der Waals surface area contributed by atoms with Crippen molar-refractivity contribution >= 4 is 26.0 Å². The molecule has 146 valence electrons. The van der Waals surface area contributed by atoms with E-state index in [2.05, 4.69) is 36.2 Å². The number of rotatable bonds is 5. The fraction of sp³-hybridized carbons (Fsp3) is 0.278. The first kappa shape index (κ1) is 19.2. The van der Waals surface area contributed by atoms with Gasteiger partial charge in [0, 0.05) is 36.2 Å². The molecule has 2 aromatic carbocycles. The van der Waals surface area contributed by atoms with Gasteiger partial charge in [0.1, 0.15) is 6.67 Å². The quantitative estimate of drug-likeness (QED) is 0.576. The zero-order valence-electron chi connectivity index (χ0n) is 15.0. The predicted molar refractivity (Wildman–Crippen MR) is 108 cm³/mol. The Kier molecular flexibility index (Phi) is 5.54. The summed E-state index contributed by atoms with van der Waals surface area (Å²) < 4.78 is 27.9. The predicted octanol–water partition coefficient (Wildman–Crippen LogP) is 2.07. The lowest BCUT2D eigenvalue weighted by molar-refractivity contribution is 0.136. The van der Waals surface area contributed by atoms with Crippen LogP contribution in [0.25, 0.3) is 11.4 Å². The number of nitrogens with zero attached hydrogens (tertiary/aromatic N) is 6. The Morgan fingerprint density at radius 3 is 2.43 bits per heavy atom. The lowest BCUT2D eigenvalue weighted by atomic mass is 10.2. The van der Waals surface area contributed by atoms with Crippen molar-refractivity contribution in [3.63, 3.8) is 0 Å². The Bertz CT molecular complexity index is 1050. The SMILES string of the molecule is O=S(=O)(c1cccc(Br)c1)N1CCN(Cn2nnc(-c3ccccc3)n2)CC1. The van der Waals surface area contributed by atoms with Crippen molar-refractivity contribution < 1.29 is 8.42 Å². The van der Waals surface area contributed by atoms with E-state index in [9.17, 15) is 8.42 Å². The molecule has 10 heteroatoms. The minimum atomic E-state index is -3.49. The maximum atomic E-state index is 12.8. The molecule has 28 heavy (non-hydrogen) atoms. The Labute approximate surface area is 171 Å². The number of benzene rings is 2. The lowest BCUT2D eigenvalue weighted by Gasteiger charge is -2.33. The Balaban J connectivity index is 1.38. The smallest absolute Gasteiger partial charge is 0.243 e. The standard InChI is InChI=1S/C18H19BrN6O2S/c19-16-7-4-8-17(13-16)28(26,27)24-11-9-23(10-12-24)14-25-21-18(20-22-25)15-5-2-1-3-6-15/h1-8,13H,9-12,14H2. The first-order chi connectivity index (χ1) is 13.5. The maximum Gasteiger partial charge on any atom is 0.243 e. The number of hydrogen-bond acceptors (Lipinski definition) is 6. The van der Waals surface area contributed by atoms with E-state index in [4.69, 9.17) is 0 Å². The maximum absolute atomic E-state index is 12.8. The van der Waals surface area contributed by atoms with Crippen LogP contribution in [0.3, 0.4) is 0 Å². The van der Waals surface area contributed by atoms with Crippen LogP contribution in [0.4, 0.5) is 0 Å². The lowest BCUT2D eigenvalue weighted by Crippen LogP contribution is -2.49. The van der Waals surface area contributed by atoms with Gasteiger partial charge in [-0.25, -0.2) is 8.42 Å². The second-order valence-electron chi connectivity index (χ2n) is 6.47. The number of halogens is 1. The third-order valence-electron chi connectivity index (χ3n) is 4.58. The van der Waals surface area contributed by atoms with Crippen molar-refractivity contribution in [2.45, 2.75) is 11.6 Å². The third-order valence-corrected chi connectivity index (χ3v) is 6.96. The van der Waals surface area contributed by atoms with Gasteiger partial charge >= 0.3 is 0 Å². The van der Waals surface area contributed by atoms with Gasteiger partial charge in [-0.15, -0.1) is 15.0 Å². The molecule has 8 nitrogen and oxygen atoms in total. The van der Waals surface area contributed by atoms with Gasteiger partial charge in [-0.1, -0.05) is 52.3 Å². The first-order valence-electron chi connectivity index (χ1n) is 8.84. The topological polar surface area (TPSA) is 84.2 Å². The molecule has 1 aliphatic heterocycles. The van der Waals surface area contributed by atoms with Crippen molar-refractivity contribution in [1.29, 1.82) is 0 Å². The van der Waals surface area contributed by atoms with Crippen molar-refractivity contribution in [3.05, 3.63) is 59.1 Å². The molecule has 1 saturated heterocycles. The van der Waals surface area contributed by atoms with E-state index in [0.717, 1.165) is 10.0 Å². The molecule has 4 rings (SSSR count). The molecule has 1 aromatic heterocycles. The summed E-state index contributed by atoms with van der Waals surface area (Å²) in [4.78, 5) is 3.96. The minimum Gasteiger partial charge on any atom is -0.280 e. The van der Waals surface area contributed by atoms with Gasteiger partial charge in [0.05, 0.1) is 4.90 Å². The van der Waals surface area contributed by atoms with Crippen LogP contribution >= 0.6 is 15.9 Å². The molecule has 0 amide bonds. The number of piperazine rings is 1. The molecule has 0 spiro atoms. The molecule has 0 aliphatic carbocycles. The Morgan fingerprint density at radius 2 is 1.71 bits per heavy atom. The van der Waals surface area contributed by atoms with Crippen molar-refractivity contribution in [2.24, 2.45) is 0 Å². The van der Waals surface area contributed by atoms with Gasteiger partial charge in [0.2, 0.25) is 15.8 Å². The highest BCUT2D eigenvalue weighted by Gasteiger charge is 2.28. The van der Waals surface area contributed by atoms with Gasteiger partial charge in [0.15, 0.2) is 0 Å². The van der Waals surface area contributed by atoms with Gasteiger partial charge in [0.25, 0.3) is 0 Å². The zero-order chi connectivity index (χ0) is 19.6. The van der Waals surface area contributed by atoms with E-state index < -0.39 is 10.0 Å². The average Bonchev–Trinajstić information content (AvgIpc) is 3.18. The van der Waals surface area contributed by atoms with Gasteiger partial charge in [-0.05, 0) is 23.4 Å². The molecule has 1 aliphatic rings. The highest BCUT2D eigenvalue weighted by molar-refractivity contribution is 9.10. The van der Waals surface area contributed by atoms with E-state index in [0.29, 0.717) is 43.6 Å². The summed E-state index contributed by atoms with van der Waals surface area (Å²) in [5.74, 6) is 0.580. The molecule has 1 fully saturated rings. The number of sulfonamides is 1. The van der Waals surface area contributed by atoms with Crippen LogP contribution in [0, 0.1) is 0 Å². The molecule has 2 heterocycles. The van der Waals surface area contributed by atoms with Crippen LogP contribution in [-0.2, 0) is 16.7 Å². The van der Waals surface area contributed by atoms with Crippen molar-refractivity contribution in [2.75, 3.05) is 26.2 Å². The van der Waals surface area contributed by atoms with E-state index in [1.807, 2.05) is 36.4 Å². The summed E-state index contributed by atoms with van der Waals surface area (Å²) in [6.07, 6.45) is 0. The molecular weight excluding hydrogens is 444 g/mol. The van der Waals surface area contributed by atoms with Crippen LogP contribution in [0.2, 0.25) is 0 Å². The zero-order valence-corrected chi connectivity index (χ0v) is 17.4. The van der Waals surface area contributed by atoms with Crippen LogP contribution in [0.5, 0.6) is 0 Å². The summed E-state index contributed by atoms with van der Waals surface area (Å²) in [7, 11) is -3.49. The van der Waals surface area contributed by atoms with Crippen molar-refractivity contribution in [3.8, 4) is 11.4 Å². The van der Waals surface area contributed by atoms with Gasteiger partial charge in [-0.3, -0.25) is 4.90 Å². The van der Waals surface area contributed by atoms with E-state index in [1.54, 1.807) is 23.0 Å². The van der Waals surface area contributed by atoms with E-state index in [-0.39, 0.29) is 0 Å². The largest absolute Gasteiger partial charge is 0.280 e. The fourth-order valence-electron chi connectivity index (χ4n) is 3.07. The third kappa shape index (κ3) is 4.14.